The van der Waals surface area contributed by atoms with Crippen molar-refractivity contribution in [1.82, 2.24) is 5.32 Å². The third-order valence-electron chi connectivity index (χ3n) is 2.05. The second-order valence-electron chi connectivity index (χ2n) is 4.57. The highest BCUT2D eigenvalue weighted by molar-refractivity contribution is 5.94. The molecule has 0 aliphatic carbocycles. The van der Waals surface area contributed by atoms with Crippen molar-refractivity contribution in [1.29, 1.82) is 0 Å². The van der Waals surface area contributed by atoms with Crippen LogP contribution in [-0.4, -0.2) is 24.6 Å². The lowest BCUT2D eigenvalue weighted by Gasteiger charge is -2.18. The Morgan fingerprint density at radius 3 is 2.32 bits per heavy atom. The molecule has 108 valence electrons. The van der Waals surface area contributed by atoms with E-state index >= 15 is 0 Å². The Balaban J connectivity index is 0.00000324. The lowest BCUT2D eigenvalue weighted by Crippen LogP contribution is -2.45. The van der Waals surface area contributed by atoms with Crippen LogP contribution in [0.25, 0.3) is 0 Å². The van der Waals surface area contributed by atoms with E-state index in [0.717, 1.165) is 0 Å². The molecule has 0 aromatic heterocycles. The zero-order valence-electron chi connectivity index (χ0n) is 10.7. The van der Waals surface area contributed by atoms with E-state index in [0.29, 0.717) is 12.1 Å². The number of hydrogen-bond acceptors (Lipinski definition) is 3. The van der Waals surface area contributed by atoms with Crippen molar-refractivity contribution in [2.45, 2.75) is 26.0 Å². The van der Waals surface area contributed by atoms with Gasteiger partial charge in [-0.1, -0.05) is 0 Å². The molecular weight excluding hydrogens is 278 g/mol. The summed E-state index contributed by atoms with van der Waals surface area (Å²) < 4.78 is 28.0. The molecule has 1 rings (SSSR count). The van der Waals surface area contributed by atoms with Gasteiger partial charge in [0.2, 0.25) is 0 Å². The summed E-state index contributed by atoms with van der Waals surface area (Å²) in [4.78, 5) is 11.7. The van der Waals surface area contributed by atoms with Crippen molar-refractivity contribution in [3.8, 4) is 5.75 Å². The van der Waals surface area contributed by atoms with Gasteiger partial charge in [0.15, 0.2) is 0 Å². The van der Waals surface area contributed by atoms with Gasteiger partial charge in [-0.15, -0.1) is 12.4 Å². The normalized spacial score (nSPS) is 10.8. The summed E-state index contributed by atoms with van der Waals surface area (Å²) in [6, 6.07) is 5.45. The number of hydrogen-bond donors (Lipinski definition) is 2. The highest BCUT2D eigenvalue weighted by Crippen LogP contribution is 2.14. The number of benzene rings is 1. The molecule has 0 bridgehead atoms. The van der Waals surface area contributed by atoms with Crippen LogP contribution >= 0.6 is 12.4 Å². The first-order chi connectivity index (χ1) is 8.28. The third kappa shape index (κ3) is 6.93. The van der Waals surface area contributed by atoms with Crippen LogP contribution in [0.15, 0.2) is 24.3 Å². The molecule has 0 saturated carbocycles. The van der Waals surface area contributed by atoms with Crippen LogP contribution in [0.4, 0.5) is 8.78 Å². The number of rotatable bonds is 5. The predicted molar refractivity (Wildman–Crippen MR) is 70.9 cm³/mol. The Morgan fingerprint density at radius 1 is 1.37 bits per heavy atom. The van der Waals surface area contributed by atoms with E-state index in [1.807, 2.05) is 0 Å². The van der Waals surface area contributed by atoms with Gasteiger partial charge in [0.05, 0.1) is 0 Å². The second-order valence-corrected chi connectivity index (χ2v) is 4.57. The molecule has 0 unspecified atom stereocenters. The highest BCUT2D eigenvalue weighted by atomic mass is 35.5. The first-order valence-corrected chi connectivity index (χ1v) is 5.40. The van der Waals surface area contributed by atoms with Gasteiger partial charge in [0.1, 0.15) is 5.75 Å². The monoisotopic (exact) mass is 294 g/mol. The Morgan fingerprint density at radius 2 is 1.89 bits per heavy atom. The standard InChI is InChI=1S/C12H16F2N2O2.ClH/c1-12(2,15)7-16-10(17)8-3-5-9(6-4-8)18-11(13)14;/h3-6,11H,7,15H2,1-2H3,(H,16,17);1H. The van der Waals surface area contributed by atoms with Crippen LogP contribution in [0.3, 0.4) is 0 Å². The topological polar surface area (TPSA) is 64.3 Å². The summed E-state index contributed by atoms with van der Waals surface area (Å²) in [6.45, 7) is 1.02. The van der Waals surface area contributed by atoms with E-state index in [2.05, 4.69) is 10.1 Å². The van der Waals surface area contributed by atoms with Crippen molar-refractivity contribution in [2.75, 3.05) is 6.54 Å². The molecule has 0 radical (unpaired) electrons. The van der Waals surface area contributed by atoms with Gasteiger partial charge >= 0.3 is 6.61 Å². The molecule has 19 heavy (non-hydrogen) atoms. The number of ether oxygens (including phenoxy) is 1. The molecule has 0 atom stereocenters. The summed E-state index contributed by atoms with van der Waals surface area (Å²) in [5.74, 6) is -0.294. The summed E-state index contributed by atoms with van der Waals surface area (Å²) in [5.41, 5.74) is 5.58. The average Bonchev–Trinajstić information content (AvgIpc) is 2.25. The number of carbonyl (C=O) groups excluding carboxylic acids is 1. The Kier molecular flexibility index (Phi) is 6.72. The molecule has 3 N–H and O–H groups in total. The molecular formula is C12H17ClF2N2O2. The third-order valence-corrected chi connectivity index (χ3v) is 2.05. The minimum Gasteiger partial charge on any atom is -0.435 e. The van der Waals surface area contributed by atoms with Crippen LogP contribution in [0, 0.1) is 0 Å². The number of nitrogens with two attached hydrogens (primary N) is 1. The number of alkyl halides is 2. The molecule has 1 aromatic carbocycles. The fourth-order valence-corrected chi connectivity index (χ4v) is 1.20. The molecule has 1 amide bonds. The zero-order valence-corrected chi connectivity index (χ0v) is 11.5. The quantitative estimate of drug-likeness (QED) is 0.875. The first-order valence-electron chi connectivity index (χ1n) is 5.40. The number of amides is 1. The van der Waals surface area contributed by atoms with E-state index in [1.165, 1.54) is 24.3 Å². The zero-order chi connectivity index (χ0) is 13.8. The van der Waals surface area contributed by atoms with Gasteiger partial charge < -0.3 is 15.8 Å². The Bertz CT molecular complexity index is 405. The Hall–Kier alpha value is -1.40. The lowest BCUT2D eigenvalue weighted by molar-refractivity contribution is -0.0498. The number of nitrogens with one attached hydrogen (secondary N) is 1. The van der Waals surface area contributed by atoms with E-state index in [1.54, 1.807) is 13.8 Å². The van der Waals surface area contributed by atoms with Crippen molar-refractivity contribution in [3.63, 3.8) is 0 Å². The van der Waals surface area contributed by atoms with Gasteiger partial charge in [-0.2, -0.15) is 8.78 Å². The maximum absolute atomic E-state index is 11.9. The molecule has 0 aliphatic rings. The summed E-state index contributed by atoms with van der Waals surface area (Å²) in [6.07, 6.45) is 0. The van der Waals surface area contributed by atoms with Crippen LogP contribution in [0.2, 0.25) is 0 Å². The lowest BCUT2D eigenvalue weighted by atomic mass is 10.1. The van der Waals surface area contributed by atoms with Gasteiger partial charge in [-0.05, 0) is 38.1 Å². The van der Waals surface area contributed by atoms with Crippen molar-refractivity contribution in [2.24, 2.45) is 5.73 Å². The molecule has 0 aliphatic heterocycles. The van der Waals surface area contributed by atoms with E-state index < -0.39 is 12.2 Å². The van der Waals surface area contributed by atoms with Gasteiger partial charge in [0.25, 0.3) is 5.91 Å². The van der Waals surface area contributed by atoms with E-state index in [-0.39, 0.29) is 24.1 Å². The maximum atomic E-state index is 11.9. The molecule has 0 saturated heterocycles. The fourth-order valence-electron chi connectivity index (χ4n) is 1.20. The average molecular weight is 295 g/mol. The van der Waals surface area contributed by atoms with Crippen molar-refractivity contribution < 1.29 is 18.3 Å². The Labute approximate surface area is 116 Å². The van der Waals surface area contributed by atoms with Crippen LogP contribution in [-0.2, 0) is 0 Å². The van der Waals surface area contributed by atoms with E-state index in [4.69, 9.17) is 5.73 Å². The molecule has 0 spiro atoms. The summed E-state index contributed by atoms with van der Waals surface area (Å²) in [7, 11) is 0. The SMILES string of the molecule is CC(C)(N)CNC(=O)c1ccc(OC(F)F)cc1.Cl. The molecule has 1 aromatic rings. The van der Waals surface area contributed by atoms with Crippen molar-refractivity contribution >= 4 is 18.3 Å². The van der Waals surface area contributed by atoms with Gasteiger partial charge in [-0.25, -0.2) is 0 Å². The highest BCUT2D eigenvalue weighted by Gasteiger charge is 2.13. The number of halogens is 3. The van der Waals surface area contributed by atoms with Crippen molar-refractivity contribution in [3.05, 3.63) is 29.8 Å². The largest absolute Gasteiger partial charge is 0.435 e. The summed E-state index contributed by atoms with van der Waals surface area (Å²) >= 11 is 0. The van der Waals surface area contributed by atoms with Crippen LogP contribution in [0.1, 0.15) is 24.2 Å². The minimum atomic E-state index is -2.87. The maximum Gasteiger partial charge on any atom is 0.387 e. The molecule has 0 heterocycles. The molecule has 7 heteroatoms. The number of carbonyl (C=O) groups is 1. The molecule has 0 fully saturated rings. The second kappa shape index (κ2) is 7.25. The van der Waals surface area contributed by atoms with E-state index in [9.17, 15) is 13.6 Å². The molecule has 4 nitrogen and oxygen atoms in total. The summed E-state index contributed by atoms with van der Waals surface area (Å²) in [5, 5.41) is 2.65. The fraction of sp³-hybridized carbons (Fsp3) is 0.417. The van der Waals surface area contributed by atoms with Gasteiger partial charge in [0, 0.05) is 17.6 Å². The van der Waals surface area contributed by atoms with Crippen LogP contribution in [0.5, 0.6) is 5.75 Å². The first kappa shape index (κ1) is 17.6. The predicted octanol–water partition coefficient (Wildman–Crippen LogP) is 2.18. The smallest absolute Gasteiger partial charge is 0.387 e. The van der Waals surface area contributed by atoms with Crippen LogP contribution < -0.4 is 15.8 Å². The minimum absolute atomic E-state index is 0. The van der Waals surface area contributed by atoms with Gasteiger partial charge in [-0.3, -0.25) is 4.79 Å².